The van der Waals surface area contributed by atoms with Gasteiger partial charge in [-0.25, -0.2) is 14.4 Å². The Morgan fingerprint density at radius 2 is 1.83 bits per heavy atom. The fraction of sp³-hybridized carbons (Fsp3) is 0.214. The number of carbonyl (C=O) groups excluding carboxylic acids is 1. The summed E-state index contributed by atoms with van der Waals surface area (Å²) in [5.41, 5.74) is 5.92. The van der Waals surface area contributed by atoms with Crippen LogP contribution in [0.5, 0.6) is 0 Å². The molecule has 5 rings (SSSR count). The van der Waals surface area contributed by atoms with E-state index in [-0.39, 0.29) is 24.6 Å². The van der Waals surface area contributed by atoms with E-state index in [0.717, 1.165) is 22.4 Å². The molecule has 1 unspecified atom stereocenters. The van der Waals surface area contributed by atoms with E-state index in [2.05, 4.69) is 32.1 Å². The van der Waals surface area contributed by atoms with Gasteiger partial charge in [0.15, 0.2) is 0 Å². The summed E-state index contributed by atoms with van der Waals surface area (Å²) in [6.07, 6.45) is 4.36. The van der Waals surface area contributed by atoms with Crippen molar-refractivity contribution >= 4 is 5.91 Å². The van der Waals surface area contributed by atoms with Crippen LogP contribution in [-0.4, -0.2) is 31.6 Å². The largest absolute Gasteiger partial charge is 0.338 e. The van der Waals surface area contributed by atoms with E-state index in [0.29, 0.717) is 17.0 Å². The van der Waals surface area contributed by atoms with Crippen LogP contribution in [0.1, 0.15) is 55.9 Å². The Bertz CT molecular complexity index is 1430. The second kappa shape index (κ2) is 9.51. The van der Waals surface area contributed by atoms with Crippen molar-refractivity contribution < 1.29 is 9.18 Å². The van der Waals surface area contributed by atoms with Gasteiger partial charge in [-0.2, -0.15) is 0 Å². The first kappa shape index (κ1) is 22.5. The first-order valence-corrected chi connectivity index (χ1v) is 11.4. The quantitative estimate of drug-likeness (QED) is 0.461. The Morgan fingerprint density at radius 3 is 2.60 bits per heavy atom. The molecular formula is C28H24FN5O. The molecule has 4 aromatic rings. The van der Waals surface area contributed by atoms with Crippen molar-refractivity contribution in [1.82, 2.24) is 24.8 Å². The van der Waals surface area contributed by atoms with Gasteiger partial charge >= 0.3 is 0 Å². The molecule has 6 nitrogen and oxygen atoms in total. The molecule has 0 saturated heterocycles. The molecule has 0 saturated carbocycles. The van der Waals surface area contributed by atoms with Crippen LogP contribution in [0.2, 0.25) is 0 Å². The van der Waals surface area contributed by atoms with Crippen molar-refractivity contribution in [3.8, 4) is 11.8 Å². The van der Waals surface area contributed by atoms with E-state index in [1.165, 1.54) is 0 Å². The Morgan fingerprint density at radius 1 is 1.09 bits per heavy atom. The lowest BCUT2D eigenvalue weighted by Gasteiger charge is -2.19. The zero-order valence-electron chi connectivity index (χ0n) is 19.5. The highest BCUT2D eigenvalue weighted by atomic mass is 19.1. The molecule has 1 aromatic carbocycles. The first-order valence-electron chi connectivity index (χ1n) is 11.4. The average molecular weight is 466 g/mol. The number of nitrogens with zero attached hydrogens (tertiary/aromatic N) is 4. The molecule has 0 bridgehead atoms. The summed E-state index contributed by atoms with van der Waals surface area (Å²) in [6, 6.07) is 14.5. The number of aryl methyl sites for hydroxylation is 2. The molecule has 1 aliphatic heterocycles. The maximum absolute atomic E-state index is 14.1. The third kappa shape index (κ3) is 4.97. The zero-order chi connectivity index (χ0) is 24.4. The van der Waals surface area contributed by atoms with Gasteiger partial charge in [0, 0.05) is 41.3 Å². The number of rotatable bonds is 4. The number of alkyl halides is 1. The van der Waals surface area contributed by atoms with Crippen molar-refractivity contribution in [1.29, 1.82) is 0 Å². The van der Waals surface area contributed by atoms with E-state index >= 15 is 0 Å². The maximum atomic E-state index is 14.1. The third-order valence-electron chi connectivity index (χ3n) is 5.97. The van der Waals surface area contributed by atoms with Gasteiger partial charge < -0.3 is 9.88 Å². The summed E-state index contributed by atoms with van der Waals surface area (Å²) in [4.78, 5) is 26.4. The van der Waals surface area contributed by atoms with Crippen molar-refractivity contribution in [2.24, 2.45) is 0 Å². The Balaban J connectivity index is 1.47. The summed E-state index contributed by atoms with van der Waals surface area (Å²) in [7, 11) is 0. The van der Waals surface area contributed by atoms with Gasteiger partial charge in [0.05, 0.1) is 24.6 Å². The molecule has 7 heteroatoms. The highest BCUT2D eigenvalue weighted by Gasteiger charge is 2.30. The van der Waals surface area contributed by atoms with Gasteiger partial charge in [-0.05, 0) is 43.7 Å². The lowest BCUT2D eigenvalue weighted by atomic mass is 9.99. The number of hydrogen-bond acceptors (Lipinski definition) is 4. The van der Waals surface area contributed by atoms with Gasteiger partial charge in [-0.1, -0.05) is 41.7 Å². The molecule has 0 spiro atoms. The van der Waals surface area contributed by atoms with Crippen LogP contribution in [0.15, 0.2) is 67.3 Å². The zero-order valence-corrected chi connectivity index (χ0v) is 19.5. The molecule has 0 radical (unpaired) electrons. The molecule has 2 atom stereocenters. The van der Waals surface area contributed by atoms with Crippen molar-refractivity contribution in [2.75, 3.05) is 0 Å². The number of halogens is 1. The Labute approximate surface area is 203 Å². The highest BCUT2D eigenvalue weighted by Crippen LogP contribution is 2.29. The summed E-state index contributed by atoms with van der Waals surface area (Å²) in [5.74, 6) is 5.84. The van der Waals surface area contributed by atoms with Crippen LogP contribution in [0.25, 0.3) is 0 Å². The minimum atomic E-state index is -0.943. The fourth-order valence-electron chi connectivity index (χ4n) is 4.24. The first-order chi connectivity index (χ1) is 17.0. The molecule has 1 N–H and O–H groups in total. The molecule has 4 heterocycles. The molecule has 0 fully saturated rings. The molecule has 1 aliphatic rings. The standard InChI is InChI=1S/C28H24FN5O/c1-18-3-7-22(8-4-18)26(27-25-15-23(29)16-34(25)17-31-27)33-28(35)24-14-21(13-19(2)32-24)6-5-20-9-11-30-12-10-20/h3-4,7-14,17,23,26H,15-16H2,1-2H3,(H,33,35)/t23-,26?/m1/s1. The molecule has 1 amide bonds. The highest BCUT2D eigenvalue weighted by molar-refractivity contribution is 5.93. The van der Waals surface area contributed by atoms with Gasteiger partial charge in [0.25, 0.3) is 5.91 Å². The number of pyridine rings is 2. The monoisotopic (exact) mass is 465 g/mol. The second-order valence-corrected chi connectivity index (χ2v) is 8.72. The Kier molecular flexibility index (Phi) is 6.11. The third-order valence-corrected chi connectivity index (χ3v) is 5.97. The van der Waals surface area contributed by atoms with E-state index in [9.17, 15) is 9.18 Å². The smallest absolute Gasteiger partial charge is 0.270 e. The summed E-state index contributed by atoms with van der Waals surface area (Å²) >= 11 is 0. The maximum Gasteiger partial charge on any atom is 0.270 e. The van der Waals surface area contributed by atoms with E-state index in [1.807, 2.05) is 60.9 Å². The van der Waals surface area contributed by atoms with E-state index in [4.69, 9.17) is 0 Å². The number of imidazole rings is 1. The van der Waals surface area contributed by atoms with Crippen LogP contribution in [-0.2, 0) is 13.0 Å². The lowest BCUT2D eigenvalue weighted by Crippen LogP contribution is -2.31. The van der Waals surface area contributed by atoms with Gasteiger partial charge in [-0.15, -0.1) is 0 Å². The molecule has 35 heavy (non-hydrogen) atoms. The van der Waals surface area contributed by atoms with Gasteiger partial charge in [-0.3, -0.25) is 9.78 Å². The van der Waals surface area contributed by atoms with Crippen molar-refractivity contribution in [3.05, 3.63) is 112 Å². The number of fused-ring (bicyclic) bond motifs is 1. The van der Waals surface area contributed by atoms with Crippen LogP contribution >= 0.6 is 0 Å². The van der Waals surface area contributed by atoms with Crippen LogP contribution < -0.4 is 5.32 Å². The SMILES string of the molecule is Cc1ccc(C(NC(=O)c2cc(C#Cc3ccncc3)cc(C)n2)c2ncn3c2C[C@@H](F)C3)cc1. The Hall–Kier alpha value is -4.31. The minimum Gasteiger partial charge on any atom is -0.338 e. The number of aromatic nitrogens is 4. The normalized spacial score (nSPS) is 15.1. The molecular weight excluding hydrogens is 441 g/mol. The number of amides is 1. The lowest BCUT2D eigenvalue weighted by molar-refractivity contribution is 0.0937. The van der Waals surface area contributed by atoms with Gasteiger partial charge in [0.1, 0.15) is 11.9 Å². The average Bonchev–Trinajstić information content (AvgIpc) is 3.41. The predicted molar refractivity (Wildman–Crippen MR) is 131 cm³/mol. The number of carbonyl (C=O) groups is 1. The summed E-state index contributed by atoms with van der Waals surface area (Å²) in [5, 5.41) is 3.09. The molecule has 174 valence electrons. The topological polar surface area (TPSA) is 72.7 Å². The van der Waals surface area contributed by atoms with E-state index in [1.54, 1.807) is 24.8 Å². The number of hydrogen-bond donors (Lipinski definition) is 1. The van der Waals surface area contributed by atoms with Crippen LogP contribution in [0, 0.1) is 25.7 Å². The molecule has 3 aromatic heterocycles. The summed E-state index contributed by atoms with van der Waals surface area (Å²) < 4.78 is 15.9. The fourth-order valence-corrected chi connectivity index (χ4v) is 4.24. The van der Waals surface area contributed by atoms with Crippen LogP contribution in [0.3, 0.4) is 0 Å². The van der Waals surface area contributed by atoms with Gasteiger partial charge in [0.2, 0.25) is 0 Å². The second-order valence-electron chi connectivity index (χ2n) is 8.72. The van der Waals surface area contributed by atoms with E-state index < -0.39 is 12.2 Å². The molecule has 0 aliphatic carbocycles. The van der Waals surface area contributed by atoms with Crippen molar-refractivity contribution in [3.63, 3.8) is 0 Å². The van der Waals surface area contributed by atoms with Crippen LogP contribution in [0.4, 0.5) is 4.39 Å². The minimum absolute atomic E-state index is 0.264. The predicted octanol–water partition coefficient (Wildman–Crippen LogP) is 4.10. The number of nitrogens with one attached hydrogen (secondary N) is 1. The van der Waals surface area contributed by atoms with Crippen molar-refractivity contribution in [2.45, 2.75) is 39.0 Å². The summed E-state index contributed by atoms with van der Waals surface area (Å²) in [6.45, 7) is 4.12. The number of benzene rings is 1.